The Balaban J connectivity index is 2.29. The van der Waals surface area contributed by atoms with Crippen molar-refractivity contribution in [3.8, 4) is 0 Å². The van der Waals surface area contributed by atoms with Gasteiger partial charge in [0.25, 0.3) is 0 Å². The number of rotatable bonds is 6. The molecule has 1 N–H and O–H groups in total. The second kappa shape index (κ2) is 7.99. The summed E-state index contributed by atoms with van der Waals surface area (Å²) in [6, 6.07) is 0.0323. The first-order valence-corrected chi connectivity index (χ1v) is 6.75. The maximum atomic E-state index is 12.1. The Morgan fingerprint density at radius 1 is 1.37 bits per heavy atom. The highest BCUT2D eigenvalue weighted by Crippen LogP contribution is 2.21. The van der Waals surface area contributed by atoms with Gasteiger partial charge in [0.2, 0.25) is 0 Å². The Hall–Kier alpha value is -1.30. The number of nitrogens with zero attached hydrogens (tertiary/aromatic N) is 2. The molecule has 110 valence electrons. The van der Waals surface area contributed by atoms with Crippen LogP contribution < -0.4 is 0 Å². The van der Waals surface area contributed by atoms with Crippen molar-refractivity contribution in [3.63, 3.8) is 0 Å². The second-order valence-electron chi connectivity index (χ2n) is 5.08. The smallest absolute Gasteiger partial charge is 0.319 e. The van der Waals surface area contributed by atoms with Crippen LogP contribution >= 0.6 is 0 Å². The summed E-state index contributed by atoms with van der Waals surface area (Å²) in [5.74, 6) is -0.540. The van der Waals surface area contributed by atoms with E-state index in [0.717, 1.165) is 19.3 Å². The molecule has 0 saturated carbocycles. The number of hydrogen-bond donors (Lipinski definition) is 1. The predicted octanol–water partition coefficient (Wildman–Crippen LogP) is 1.26. The highest BCUT2D eigenvalue weighted by Gasteiger charge is 2.25. The number of carboxylic acid groups (broad SMARTS) is 1. The van der Waals surface area contributed by atoms with Gasteiger partial charge in [-0.15, -0.1) is 0 Å². The van der Waals surface area contributed by atoms with Crippen LogP contribution in [0.1, 0.15) is 25.7 Å². The highest BCUT2D eigenvalue weighted by molar-refractivity contribution is 5.74. The fourth-order valence-electron chi connectivity index (χ4n) is 2.36. The van der Waals surface area contributed by atoms with Gasteiger partial charge in [0, 0.05) is 46.8 Å². The molecule has 0 aliphatic carbocycles. The molecule has 1 heterocycles. The van der Waals surface area contributed by atoms with E-state index >= 15 is 0 Å². The van der Waals surface area contributed by atoms with Gasteiger partial charge < -0.3 is 19.6 Å². The SMILES string of the molecule is COCCCN(C)C(=O)N1CCC(CC(=O)O)CC1. The summed E-state index contributed by atoms with van der Waals surface area (Å²) in [4.78, 5) is 26.3. The number of likely N-dealkylation sites (tertiary alicyclic amines) is 1. The third kappa shape index (κ3) is 5.46. The summed E-state index contributed by atoms with van der Waals surface area (Å²) >= 11 is 0. The second-order valence-corrected chi connectivity index (χ2v) is 5.08. The highest BCUT2D eigenvalue weighted by atomic mass is 16.5. The monoisotopic (exact) mass is 272 g/mol. The van der Waals surface area contributed by atoms with Gasteiger partial charge in [0.15, 0.2) is 0 Å². The number of methoxy groups -OCH3 is 1. The number of carboxylic acids is 1. The third-order valence-electron chi connectivity index (χ3n) is 3.52. The van der Waals surface area contributed by atoms with E-state index in [-0.39, 0.29) is 18.4 Å². The van der Waals surface area contributed by atoms with E-state index in [4.69, 9.17) is 9.84 Å². The first-order chi connectivity index (χ1) is 9.04. The summed E-state index contributed by atoms with van der Waals surface area (Å²) in [7, 11) is 3.44. The van der Waals surface area contributed by atoms with Gasteiger partial charge in [-0.1, -0.05) is 0 Å². The molecule has 0 bridgehead atoms. The van der Waals surface area contributed by atoms with Gasteiger partial charge in [0.05, 0.1) is 0 Å². The fraction of sp³-hybridized carbons (Fsp3) is 0.846. The van der Waals surface area contributed by atoms with Gasteiger partial charge in [-0.25, -0.2) is 4.79 Å². The maximum absolute atomic E-state index is 12.1. The number of hydrogen-bond acceptors (Lipinski definition) is 3. The molecule has 0 aromatic rings. The minimum Gasteiger partial charge on any atom is -0.481 e. The zero-order valence-corrected chi connectivity index (χ0v) is 11.8. The Morgan fingerprint density at radius 2 is 2.00 bits per heavy atom. The number of urea groups is 1. The minimum absolute atomic E-state index is 0.0323. The van der Waals surface area contributed by atoms with Gasteiger partial charge in [-0.05, 0) is 25.2 Å². The van der Waals surface area contributed by atoms with Gasteiger partial charge >= 0.3 is 12.0 Å². The van der Waals surface area contributed by atoms with Crippen molar-refractivity contribution >= 4 is 12.0 Å². The van der Waals surface area contributed by atoms with E-state index in [1.54, 1.807) is 19.1 Å². The van der Waals surface area contributed by atoms with Crippen LogP contribution in [0, 0.1) is 5.92 Å². The molecule has 0 spiro atoms. The standard InChI is InChI=1S/C13H24N2O4/c1-14(6-3-9-19-2)13(18)15-7-4-11(5-8-15)10-12(16)17/h11H,3-10H2,1-2H3,(H,16,17). The van der Waals surface area contributed by atoms with Crippen LogP contribution in [-0.4, -0.2) is 67.3 Å². The molecule has 6 heteroatoms. The van der Waals surface area contributed by atoms with Crippen molar-refractivity contribution in [2.45, 2.75) is 25.7 Å². The van der Waals surface area contributed by atoms with Crippen LogP contribution in [0.3, 0.4) is 0 Å². The van der Waals surface area contributed by atoms with Crippen LogP contribution in [0.2, 0.25) is 0 Å². The van der Waals surface area contributed by atoms with Crippen molar-refractivity contribution in [2.24, 2.45) is 5.92 Å². The lowest BCUT2D eigenvalue weighted by Gasteiger charge is -2.34. The number of carbonyl (C=O) groups is 2. The number of amides is 2. The van der Waals surface area contributed by atoms with Gasteiger partial charge in [0.1, 0.15) is 0 Å². The summed E-state index contributed by atoms with van der Waals surface area (Å²) in [5.41, 5.74) is 0. The quantitative estimate of drug-likeness (QED) is 0.739. The van der Waals surface area contributed by atoms with Crippen molar-refractivity contribution in [3.05, 3.63) is 0 Å². The van der Waals surface area contributed by atoms with E-state index < -0.39 is 5.97 Å². The molecule has 0 atom stereocenters. The third-order valence-corrected chi connectivity index (χ3v) is 3.52. The molecule has 1 fully saturated rings. The average molecular weight is 272 g/mol. The van der Waals surface area contributed by atoms with Crippen LogP contribution in [0.4, 0.5) is 4.79 Å². The van der Waals surface area contributed by atoms with Crippen LogP contribution in [0.5, 0.6) is 0 Å². The van der Waals surface area contributed by atoms with Crippen molar-refractivity contribution in [1.82, 2.24) is 9.80 Å². The van der Waals surface area contributed by atoms with Crippen molar-refractivity contribution < 1.29 is 19.4 Å². The predicted molar refractivity (Wildman–Crippen MR) is 71.1 cm³/mol. The summed E-state index contributed by atoms with van der Waals surface area (Å²) < 4.78 is 4.96. The van der Waals surface area contributed by atoms with Crippen molar-refractivity contribution in [2.75, 3.05) is 40.4 Å². The first kappa shape index (κ1) is 15.8. The lowest BCUT2D eigenvalue weighted by atomic mass is 9.94. The molecule has 6 nitrogen and oxygen atoms in total. The van der Waals surface area contributed by atoms with E-state index in [2.05, 4.69) is 0 Å². The summed E-state index contributed by atoms with van der Waals surface area (Å²) in [6.45, 7) is 2.65. The number of aliphatic carboxylic acids is 1. The molecule has 1 saturated heterocycles. The molecule has 2 amide bonds. The molecule has 1 aliphatic heterocycles. The molecule has 0 radical (unpaired) electrons. The molecule has 19 heavy (non-hydrogen) atoms. The van der Waals surface area contributed by atoms with Crippen LogP contribution in [0.15, 0.2) is 0 Å². The largest absolute Gasteiger partial charge is 0.481 e. The molecular weight excluding hydrogens is 248 g/mol. The van der Waals surface area contributed by atoms with E-state index in [0.29, 0.717) is 26.2 Å². The lowest BCUT2D eigenvalue weighted by molar-refractivity contribution is -0.138. The van der Waals surface area contributed by atoms with Gasteiger partial charge in [-0.2, -0.15) is 0 Å². The maximum Gasteiger partial charge on any atom is 0.319 e. The minimum atomic E-state index is -0.749. The molecular formula is C13H24N2O4. The number of piperidine rings is 1. The first-order valence-electron chi connectivity index (χ1n) is 6.75. The Labute approximate surface area is 114 Å². The molecule has 0 unspecified atom stereocenters. The lowest BCUT2D eigenvalue weighted by Crippen LogP contribution is -2.45. The zero-order chi connectivity index (χ0) is 14.3. The molecule has 1 rings (SSSR count). The van der Waals surface area contributed by atoms with Gasteiger partial charge in [-0.3, -0.25) is 4.79 Å². The summed E-state index contributed by atoms with van der Waals surface area (Å²) in [5, 5.41) is 8.75. The molecule has 0 aromatic heterocycles. The molecule has 0 aromatic carbocycles. The normalized spacial score (nSPS) is 16.4. The van der Waals surface area contributed by atoms with Crippen LogP contribution in [0.25, 0.3) is 0 Å². The van der Waals surface area contributed by atoms with Crippen molar-refractivity contribution in [1.29, 1.82) is 0 Å². The fourth-order valence-corrected chi connectivity index (χ4v) is 2.36. The zero-order valence-electron chi connectivity index (χ0n) is 11.8. The van der Waals surface area contributed by atoms with E-state index in [9.17, 15) is 9.59 Å². The van der Waals surface area contributed by atoms with E-state index in [1.807, 2.05) is 4.90 Å². The summed E-state index contributed by atoms with van der Waals surface area (Å²) in [6.07, 6.45) is 2.60. The van der Waals surface area contributed by atoms with Crippen LogP contribution in [-0.2, 0) is 9.53 Å². The Morgan fingerprint density at radius 3 is 2.53 bits per heavy atom. The number of carbonyl (C=O) groups excluding carboxylic acids is 1. The average Bonchev–Trinajstić information content (AvgIpc) is 2.38. The van der Waals surface area contributed by atoms with E-state index in [1.165, 1.54) is 0 Å². The topological polar surface area (TPSA) is 70.1 Å². The number of ether oxygens (including phenoxy) is 1. The molecule has 1 aliphatic rings. The Kier molecular flexibility index (Phi) is 6.62. The Bertz CT molecular complexity index is 301.